The zero-order chi connectivity index (χ0) is 22.9. The van der Waals surface area contributed by atoms with Crippen LogP contribution in [0.1, 0.15) is 112 Å². The van der Waals surface area contributed by atoms with Gasteiger partial charge in [-0.1, -0.05) is 53.9 Å². The van der Waals surface area contributed by atoms with Crippen molar-refractivity contribution >= 4 is 5.97 Å². The Morgan fingerprint density at radius 2 is 1.81 bits per heavy atom. The fourth-order valence-electron chi connectivity index (χ4n) is 10.00. The molecule has 5 aliphatic rings. The van der Waals surface area contributed by atoms with Crippen LogP contribution in [-0.2, 0) is 14.3 Å². The summed E-state index contributed by atoms with van der Waals surface area (Å²) in [5.41, 5.74) is 0.820. The monoisotopic (exact) mass is 444 g/mol. The summed E-state index contributed by atoms with van der Waals surface area (Å²) in [6.45, 7) is 14.1. The molecule has 3 nitrogen and oxygen atoms in total. The first-order chi connectivity index (χ1) is 15.1. The lowest BCUT2D eigenvalue weighted by Gasteiger charge is -2.59. The van der Waals surface area contributed by atoms with Gasteiger partial charge in [0, 0.05) is 18.8 Å². The number of hydrogen-bond acceptors (Lipinski definition) is 3. The lowest BCUT2D eigenvalue weighted by molar-refractivity contribution is -0.157. The van der Waals surface area contributed by atoms with Crippen LogP contribution in [0, 0.1) is 46.3 Å². The molecule has 0 aromatic carbocycles. The number of fused-ring (bicyclic) bond motifs is 4. The third-order valence-electron chi connectivity index (χ3n) is 11.6. The molecule has 5 rings (SSSR count). The van der Waals surface area contributed by atoms with Gasteiger partial charge in [-0.3, -0.25) is 4.79 Å². The molecule has 1 saturated heterocycles. The molecule has 2 unspecified atom stereocenters. The van der Waals surface area contributed by atoms with E-state index in [1.165, 1.54) is 57.8 Å². The second kappa shape index (κ2) is 7.99. The molecule has 1 aliphatic heterocycles. The SMILES string of the molecule is CC(=O)O[C@H]1CC[C@]2(C)[C@H]3CC[C@]4(C)[C@@H]([C@H](C)CCCC(C)C)CC[C@H]4[C@@H]3CC3OC32C1. The number of rotatable bonds is 6. The lowest BCUT2D eigenvalue weighted by atomic mass is 9.44. The Labute approximate surface area is 196 Å². The fraction of sp³-hybridized carbons (Fsp3) is 0.966. The zero-order valence-corrected chi connectivity index (χ0v) is 21.6. The molecule has 32 heavy (non-hydrogen) atoms. The third kappa shape index (κ3) is 3.42. The summed E-state index contributed by atoms with van der Waals surface area (Å²) in [5, 5.41) is 0. The predicted octanol–water partition coefficient (Wildman–Crippen LogP) is 7.17. The fourth-order valence-corrected chi connectivity index (χ4v) is 10.00. The van der Waals surface area contributed by atoms with E-state index in [0.29, 0.717) is 11.5 Å². The highest BCUT2D eigenvalue weighted by molar-refractivity contribution is 5.66. The molecule has 0 amide bonds. The molecule has 0 aromatic heterocycles. The van der Waals surface area contributed by atoms with Crippen LogP contribution < -0.4 is 0 Å². The number of carbonyl (C=O) groups is 1. The summed E-state index contributed by atoms with van der Waals surface area (Å²) in [7, 11) is 0. The van der Waals surface area contributed by atoms with Crippen molar-refractivity contribution in [2.75, 3.05) is 0 Å². The van der Waals surface area contributed by atoms with Gasteiger partial charge in [-0.2, -0.15) is 0 Å². The third-order valence-corrected chi connectivity index (χ3v) is 11.6. The average Bonchev–Trinajstić information content (AvgIpc) is 3.28. The van der Waals surface area contributed by atoms with Crippen LogP contribution in [0.15, 0.2) is 0 Å². The standard InChI is InChI=1S/C29H48O3/c1-18(2)8-7-9-19(3)23-10-11-24-22-16-26-29(32-26)17-21(31-20(4)30)12-15-28(29,6)25(22)13-14-27(23,24)5/h18-19,21-26H,7-17H2,1-6H3/t19-,21+,22+,23-,24+,25+,26?,27-,28-,29?/m1/s1. The summed E-state index contributed by atoms with van der Waals surface area (Å²) >= 11 is 0. The Morgan fingerprint density at radius 3 is 2.53 bits per heavy atom. The Balaban J connectivity index is 1.30. The predicted molar refractivity (Wildman–Crippen MR) is 128 cm³/mol. The van der Waals surface area contributed by atoms with Crippen molar-refractivity contribution in [3.05, 3.63) is 0 Å². The molecule has 0 aromatic rings. The van der Waals surface area contributed by atoms with E-state index in [1.807, 2.05) is 0 Å². The highest BCUT2D eigenvalue weighted by atomic mass is 16.6. The molecule has 1 heterocycles. The molecule has 0 bridgehead atoms. The highest BCUT2D eigenvalue weighted by Gasteiger charge is 2.76. The second-order valence-electron chi connectivity index (χ2n) is 13.5. The van der Waals surface area contributed by atoms with Gasteiger partial charge in [0.15, 0.2) is 0 Å². The van der Waals surface area contributed by atoms with Gasteiger partial charge in [0.1, 0.15) is 11.7 Å². The maximum atomic E-state index is 11.6. The number of epoxide rings is 1. The molecular formula is C29H48O3. The molecule has 182 valence electrons. The highest BCUT2D eigenvalue weighted by Crippen LogP contribution is 2.74. The van der Waals surface area contributed by atoms with Crippen molar-refractivity contribution in [2.45, 2.75) is 130 Å². The topological polar surface area (TPSA) is 38.8 Å². The molecule has 3 heteroatoms. The minimum Gasteiger partial charge on any atom is -0.462 e. The summed E-state index contributed by atoms with van der Waals surface area (Å²) in [6.07, 6.45) is 14.8. The van der Waals surface area contributed by atoms with Crippen LogP contribution in [0.2, 0.25) is 0 Å². The first-order valence-electron chi connectivity index (χ1n) is 14.0. The van der Waals surface area contributed by atoms with E-state index in [9.17, 15) is 4.79 Å². The van der Waals surface area contributed by atoms with E-state index in [2.05, 4.69) is 34.6 Å². The number of ether oxygens (including phenoxy) is 2. The largest absolute Gasteiger partial charge is 0.462 e. The van der Waals surface area contributed by atoms with Gasteiger partial charge in [-0.25, -0.2) is 0 Å². The number of esters is 1. The first-order valence-corrected chi connectivity index (χ1v) is 14.0. The Bertz CT molecular complexity index is 732. The van der Waals surface area contributed by atoms with Gasteiger partial charge < -0.3 is 9.47 Å². The number of carbonyl (C=O) groups excluding carboxylic acids is 1. The van der Waals surface area contributed by atoms with Crippen molar-refractivity contribution in [1.82, 2.24) is 0 Å². The van der Waals surface area contributed by atoms with E-state index in [1.54, 1.807) is 6.92 Å². The van der Waals surface area contributed by atoms with Crippen LogP contribution in [0.25, 0.3) is 0 Å². The van der Waals surface area contributed by atoms with Crippen molar-refractivity contribution < 1.29 is 14.3 Å². The molecule has 0 radical (unpaired) electrons. The minimum absolute atomic E-state index is 0.00240. The van der Waals surface area contributed by atoms with E-state index in [4.69, 9.17) is 9.47 Å². The van der Waals surface area contributed by atoms with Gasteiger partial charge >= 0.3 is 5.97 Å². The van der Waals surface area contributed by atoms with E-state index in [0.717, 1.165) is 48.3 Å². The molecular weight excluding hydrogens is 396 g/mol. The maximum absolute atomic E-state index is 11.6. The van der Waals surface area contributed by atoms with Gasteiger partial charge in [0.25, 0.3) is 0 Å². The van der Waals surface area contributed by atoms with Gasteiger partial charge in [-0.15, -0.1) is 0 Å². The Hall–Kier alpha value is -0.570. The van der Waals surface area contributed by atoms with Crippen molar-refractivity contribution in [3.63, 3.8) is 0 Å². The van der Waals surface area contributed by atoms with Crippen molar-refractivity contribution in [2.24, 2.45) is 46.3 Å². The van der Waals surface area contributed by atoms with Crippen molar-refractivity contribution in [1.29, 1.82) is 0 Å². The van der Waals surface area contributed by atoms with Gasteiger partial charge in [-0.05, 0) is 85.9 Å². The molecule has 4 aliphatic carbocycles. The van der Waals surface area contributed by atoms with E-state index in [-0.39, 0.29) is 23.1 Å². The molecule has 1 spiro atoms. The van der Waals surface area contributed by atoms with Crippen LogP contribution in [-0.4, -0.2) is 23.8 Å². The van der Waals surface area contributed by atoms with Gasteiger partial charge in [0.2, 0.25) is 0 Å². The maximum Gasteiger partial charge on any atom is 0.302 e. The van der Waals surface area contributed by atoms with E-state index < -0.39 is 0 Å². The molecule has 0 N–H and O–H groups in total. The van der Waals surface area contributed by atoms with Crippen LogP contribution in [0.5, 0.6) is 0 Å². The summed E-state index contributed by atoms with van der Waals surface area (Å²) in [4.78, 5) is 11.6. The van der Waals surface area contributed by atoms with E-state index >= 15 is 0 Å². The number of hydrogen-bond donors (Lipinski definition) is 0. The molecule has 5 fully saturated rings. The summed E-state index contributed by atoms with van der Waals surface area (Å²) < 4.78 is 12.3. The molecule has 10 atom stereocenters. The minimum atomic E-state index is -0.131. The normalized spacial score (nSPS) is 50.1. The van der Waals surface area contributed by atoms with Crippen LogP contribution >= 0.6 is 0 Å². The lowest BCUT2D eigenvalue weighted by Crippen LogP contribution is -2.59. The summed E-state index contributed by atoms with van der Waals surface area (Å²) in [6, 6.07) is 0. The average molecular weight is 445 g/mol. The first kappa shape index (κ1) is 23.2. The summed E-state index contributed by atoms with van der Waals surface area (Å²) in [5.74, 6) is 5.03. The quantitative estimate of drug-likeness (QED) is 0.322. The smallest absolute Gasteiger partial charge is 0.302 e. The Kier molecular flexibility index (Phi) is 5.79. The molecule has 4 saturated carbocycles. The van der Waals surface area contributed by atoms with Gasteiger partial charge in [0.05, 0.1) is 6.10 Å². The van der Waals surface area contributed by atoms with Crippen LogP contribution in [0.3, 0.4) is 0 Å². The Morgan fingerprint density at radius 1 is 1.03 bits per heavy atom. The van der Waals surface area contributed by atoms with Crippen molar-refractivity contribution in [3.8, 4) is 0 Å². The second-order valence-corrected chi connectivity index (χ2v) is 13.5. The van der Waals surface area contributed by atoms with Crippen LogP contribution in [0.4, 0.5) is 0 Å². The zero-order valence-electron chi connectivity index (χ0n) is 21.6.